The van der Waals surface area contributed by atoms with E-state index in [4.69, 9.17) is 9.15 Å². The number of benzene rings is 1. The summed E-state index contributed by atoms with van der Waals surface area (Å²) in [5.74, 6) is -0.0684. The van der Waals surface area contributed by atoms with Crippen molar-refractivity contribution in [1.29, 1.82) is 0 Å². The molecule has 196 valence electrons. The van der Waals surface area contributed by atoms with Crippen LogP contribution in [0.2, 0.25) is 0 Å². The molecular formula is C28H39N3O5. The lowest BCUT2D eigenvalue weighted by molar-refractivity contribution is -0.143. The zero-order chi connectivity index (χ0) is 25.5. The number of aromatic nitrogens is 1. The number of likely N-dealkylation sites (tertiary alicyclic amines) is 1. The number of rotatable bonds is 13. The molecule has 1 N–H and O–H groups in total. The van der Waals surface area contributed by atoms with Gasteiger partial charge >= 0.3 is 5.97 Å². The molecule has 36 heavy (non-hydrogen) atoms. The van der Waals surface area contributed by atoms with E-state index in [2.05, 4.69) is 29.8 Å². The Morgan fingerprint density at radius 3 is 2.64 bits per heavy atom. The number of carbonyl (C=O) groups is 2. The minimum Gasteiger partial charge on any atom is -0.493 e. The molecule has 1 saturated heterocycles. The van der Waals surface area contributed by atoms with Gasteiger partial charge in [0, 0.05) is 44.4 Å². The number of ether oxygens (including phenoxy) is 1. The smallest absolute Gasteiger partial charge is 0.308 e. The number of aliphatic carboxylic acids is 1. The molecule has 2 aliphatic heterocycles. The largest absolute Gasteiger partial charge is 0.493 e. The molecule has 3 atom stereocenters. The summed E-state index contributed by atoms with van der Waals surface area (Å²) < 4.78 is 11.1. The van der Waals surface area contributed by atoms with Gasteiger partial charge in [0.2, 0.25) is 5.91 Å². The van der Waals surface area contributed by atoms with E-state index in [1.165, 1.54) is 6.26 Å². The van der Waals surface area contributed by atoms with Crippen molar-refractivity contribution >= 4 is 11.9 Å². The molecule has 1 unspecified atom stereocenters. The number of carboxylic acid groups (broad SMARTS) is 1. The summed E-state index contributed by atoms with van der Waals surface area (Å²) in [4.78, 5) is 34.4. The minimum absolute atomic E-state index is 0.0881. The lowest BCUT2D eigenvalue weighted by Crippen LogP contribution is -2.44. The Morgan fingerprint density at radius 1 is 1.19 bits per heavy atom. The average Bonchev–Trinajstić information content (AvgIpc) is 3.62. The van der Waals surface area contributed by atoms with Crippen molar-refractivity contribution in [2.45, 2.75) is 70.8 Å². The van der Waals surface area contributed by atoms with Gasteiger partial charge < -0.3 is 19.2 Å². The molecule has 3 heterocycles. The van der Waals surface area contributed by atoms with Crippen molar-refractivity contribution in [3.8, 4) is 5.75 Å². The van der Waals surface area contributed by atoms with Crippen molar-refractivity contribution in [1.82, 2.24) is 14.8 Å². The van der Waals surface area contributed by atoms with Crippen LogP contribution in [0, 0.1) is 5.92 Å². The van der Waals surface area contributed by atoms with Crippen LogP contribution in [0.4, 0.5) is 0 Å². The highest BCUT2D eigenvalue weighted by molar-refractivity contribution is 5.79. The number of aryl methyl sites for hydroxylation is 1. The second kappa shape index (κ2) is 12.4. The fraction of sp³-hybridized carbons (Fsp3) is 0.607. The Bertz CT molecular complexity index is 1000. The Morgan fingerprint density at radius 2 is 1.97 bits per heavy atom. The first-order chi connectivity index (χ1) is 17.5. The molecule has 0 spiro atoms. The quantitative estimate of drug-likeness (QED) is 0.444. The number of fused-ring (bicyclic) bond motifs is 1. The maximum absolute atomic E-state index is 13.5. The molecule has 0 radical (unpaired) electrons. The number of amides is 1. The third-order valence-electron chi connectivity index (χ3n) is 7.57. The number of nitrogens with zero attached hydrogens (tertiary/aromatic N) is 3. The Labute approximate surface area is 213 Å². The summed E-state index contributed by atoms with van der Waals surface area (Å²) in [6.07, 6.45) is 9.09. The zero-order valence-corrected chi connectivity index (χ0v) is 21.5. The fourth-order valence-electron chi connectivity index (χ4n) is 5.61. The molecule has 8 heteroatoms. The lowest BCUT2D eigenvalue weighted by atomic mass is 9.83. The van der Waals surface area contributed by atoms with Crippen LogP contribution in [0.1, 0.15) is 68.9 Å². The molecule has 1 fully saturated rings. The monoisotopic (exact) mass is 497 g/mol. The molecule has 1 amide bonds. The topological polar surface area (TPSA) is 96.1 Å². The predicted molar refractivity (Wildman–Crippen MR) is 136 cm³/mol. The molecular weight excluding hydrogens is 458 g/mol. The highest BCUT2D eigenvalue weighted by Gasteiger charge is 2.47. The van der Waals surface area contributed by atoms with Crippen molar-refractivity contribution in [2.75, 3.05) is 32.8 Å². The van der Waals surface area contributed by atoms with E-state index in [0.717, 1.165) is 62.1 Å². The van der Waals surface area contributed by atoms with E-state index in [0.29, 0.717) is 31.9 Å². The van der Waals surface area contributed by atoms with Gasteiger partial charge in [0.05, 0.1) is 25.3 Å². The van der Waals surface area contributed by atoms with Crippen LogP contribution in [0.3, 0.4) is 0 Å². The van der Waals surface area contributed by atoms with Gasteiger partial charge in [-0.25, -0.2) is 4.98 Å². The minimum atomic E-state index is -0.821. The summed E-state index contributed by atoms with van der Waals surface area (Å²) in [5, 5.41) is 10.4. The predicted octanol–water partition coefficient (Wildman–Crippen LogP) is 4.14. The number of carbonyl (C=O) groups excluding carboxylic acids is 1. The van der Waals surface area contributed by atoms with Crippen LogP contribution >= 0.6 is 0 Å². The van der Waals surface area contributed by atoms with E-state index >= 15 is 0 Å². The summed E-state index contributed by atoms with van der Waals surface area (Å²) in [6, 6.07) is 5.78. The van der Waals surface area contributed by atoms with Crippen LogP contribution in [-0.4, -0.2) is 70.6 Å². The van der Waals surface area contributed by atoms with E-state index < -0.39 is 11.9 Å². The van der Waals surface area contributed by atoms with E-state index in [1.54, 1.807) is 6.20 Å². The first-order valence-corrected chi connectivity index (χ1v) is 13.4. The third-order valence-corrected chi connectivity index (χ3v) is 7.57. The molecule has 0 saturated carbocycles. The van der Waals surface area contributed by atoms with Crippen LogP contribution in [0.25, 0.3) is 0 Å². The molecule has 2 aliphatic rings. The molecule has 1 aromatic carbocycles. The Kier molecular flexibility index (Phi) is 9.02. The van der Waals surface area contributed by atoms with E-state index in [-0.39, 0.29) is 24.4 Å². The number of carboxylic acids is 1. The van der Waals surface area contributed by atoms with Gasteiger partial charge in [0.15, 0.2) is 5.89 Å². The van der Waals surface area contributed by atoms with Gasteiger partial charge in [-0.15, -0.1) is 0 Å². The number of oxazole rings is 1. The fourth-order valence-corrected chi connectivity index (χ4v) is 5.61. The summed E-state index contributed by atoms with van der Waals surface area (Å²) in [7, 11) is 0. The van der Waals surface area contributed by atoms with Gasteiger partial charge in [-0.2, -0.15) is 0 Å². The molecule has 1 aromatic heterocycles. The highest BCUT2D eigenvalue weighted by atomic mass is 16.5. The second-order valence-corrected chi connectivity index (χ2v) is 9.99. The Hall–Kier alpha value is -2.87. The summed E-state index contributed by atoms with van der Waals surface area (Å²) >= 11 is 0. The normalized spacial score (nSPS) is 21.3. The van der Waals surface area contributed by atoms with Gasteiger partial charge in [0.1, 0.15) is 12.0 Å². The average molecular weight is 498 g/mol. The van der Waals surface area contributed by atoms with Crippen LogP contribution in [0.15, 0.2) is 35.1 Å². The first kappa shape index (κ1) is 26.2. The van der Waals surface area contributed by atoms with Crippen molar-refractivity contribution in [3.05, 3.63) is 47.7 Å². The van der Waals surface area contributed by atoms with Crippen LogP contribution < -0.4 is 4.74 Å². The van der Waals surface area contributed by atoms with Gasteiger partial charge in [-0.1, -0.05) is 38.8 Å². The Balaban J connectivity index is 1.58. The maximum atomic E-state index is 13.5. The lowest BCUT2D eigenvalue weighted by Gasteiger charge is -2.29. The van der Waals surface area contributed by atoms with Crippen LogP contribution in [0.5, 0.6) is 5.75 Å². The SMILES string of the molecule is CCCCN(CCCC)C(=O)CN1C[C@H](c2ccc3c(c2)CCO3)C(C(=O)O)[C@@H]1CCc1ncco1. The summed E-state index contributed by atoms with van der Waals surface area (Å²) in [6.45, 7) is 7.20. The maximum Gasteiger partial charge on any atom is 0.308 e. The van der Waals surface area contributed by atoms with Gasteiger partial charge in [-0.05, 0) is 36.5 Å². The van der Waals surface area contributed by atoms with Crippen molar-refractivity contribution < 1.29 is 23.8 Å². The molecule has 8 nitrogen and oxygen atoms in total. The van der Waals surface area contributed by atoms with Gasteiger partial charge in [0.25, 0.3) is 0 Å². The molecule has 0 bridgehead atoms. The number of unbranched alkanes of at least 4 members (excludes halogenated alkanes) is 2. The van der Waals surface area contributed by atoms with Gasteiger partial charge in [-0.3, -0.25) is 14.5 Å². The third kappa shape index (κ3) is 6.09. The highest BCUT2D eigenvalue weighted by Crippen LogP contribution is 2.41. The van der Waals surface area contributed by atoms with Crippen molar-refractivity contribution in [2.24, 2.45) is 5.92 Å². The van der Waals surface area contributed by atoms with E-state index in [1.807, 2.05) is 17.0 Å². The zero-order valence-electron chi connectivity index (χ0n) is 21.5. The van der Waals surface area contributed by atoms with Crippen LogP contribution in [-0.2, 0) is 22.4 Å². The standard InChI is InChI=1S/C28H39N3O5/c1-3-5-13-30(14-6-4-2)26(32)19-31-18-22(20-7-9-24-21(17-20)11-15-35-24)27(28(33)34)23(31)8-10-25-29-12-16-36-25/h7,9,12,16-17,22-23,27H,3-6,8,10-11,13-15,18-19H2,1-2H3,(H,33,34)/t22-,23+,27?/m1/s1. The number of hydrogen-bond acceptors (Lipinski definition) is 6. The number of hydrogen-bond donors (Lipinski definition) is 1. The van der Waals surface area contributed by atoms with E-state index in [9.17, 15) is 14.7 Å². The summed E-state index contributed by atoms with van der Waals surface area (Å²) in [5.41, 5.74) is 2.14. The van der Waals surface area contributed by atoms with Crippen molar-refractivity contribution in [3.63, 3.8) is 0 Å². The first-order valence-electron chi connectivity index (χ1n) is 13.4. The molecule has 0 aliphatic carbocycles. The molecule has 2 aromatic rings. The molecule has 4 rings (SSSR count). The second-order valence-electron chi connectivity index (χ2n) is 9.99.